The predicted octanol–water partition coefficient (Wildman–Crippen LogP) is 1.30. The molecule has 9 nitrogen and oxygen atoms in total. The predicted molar refractivity (Wildman–Crippen MR) is 90.6 cm³/mol. The van der Waals surface area contributed by atoms with Gasteiger partial charge in [-0.3, -0.25) is 0 Å². The van der Waals surface area contributed by atoms with Crippen molar-refractivity contribution in [1.82, 2.24) is 9.78 Å². The van der Waals surface area contributed by atoms with Gasteiger partial charge in [0.05, 0.1) is 44.3 Å². The van der Waals surface area contributed by atoms with E-state index in [1.165, 1.54) is 32.1 Å². The number of anilines is 1. The summed E-state index contributed by atoms with van der Waals surface area (Å²) in [7, 11) is 3.61. The van der Waals surface area contributed by atoms with E-state index in [1.54, 1.807) is 30.6 Å². The van der Waals surface area contributed by atoms with Crippen molar-refractivity contribution in [2.75, 3.05) is 26.6 Å². The number of carbonyl (C=O) groups excluding carboxylic acids is 3. The van der Waals surface area contributed by atoms with Crippen LogP contribution >= 0.6 is 0 Å². The van der Waals surface area contributed by atoms with Gasteiger partial charge in [0.2, 0.25) is 0 Å². The SMILES string of the molecule is COC(=O)/C=C(/Nc1cc(C(=O)OC)ccc1-n1cccn1)C(=O)OC. The van der Waals surface area contributed by atoms with Crippen LogP contribution in [-0.4, -0.2) is 49.0 Å². The van der Waals surface area contributed by atoms with Crippen LogP contribution in [0.25, 0.3) is 5.69 Å². The van der Waals surface area contributed by atoms with Crippen molar-refractivity contribution >= 4 is 23.6 Å². The van der Waals surface area contributed by atoms with Crippen LogP contribution in [0.3, 0.4) is 0 Å². The topological polar surface area (TPSA) is 109 Å². The Morgan fingerprint density at radius 1 is 1.12 bits per heavy atom. The van der Waals surface area contributed by atoms with Crippen LogP contribution in [0.4, 0.5) is 5.69 Å². The normalized spacial score (nSPS) is 10.8. The number of aromatic nitrogens is 2. The van der Waals surface area contributed by atoms with Crippen molar-refractivity contribution < 1.29 is 28.6 Å². The number of esters is 3. The van der Waals surface area contributed by atoms with Crippen LogP contribution in [0.15, 0.2) is 48.4 Å². The van der Waals surface area contributed by atoms with Crippen molar-refractivity contribution in [2.24, 2.45) is 0 Å². The fraction of sp³-hybridized carbons (Fsp3) is 0.176. The third-order valence-electron chi connectivity index (χ3n) is 3.31. The average Bonchev–Trinajstić information content (AvgIpc) is 3.20. The summed E-state index contributed by atoms with van der Waals surface area (Å²) in [4.78, 5) is 35.3. The summed E-state index contributed by atoms with van der Waals surface area (Å²) in [6.07, 6.45) is 4.20. The molecule has 0 radical (unpaired) electrons. The van der Waals surface area contributed by atoms with Crippen molar-refractivity contribution in [3.05, 3.63) is 54.0 Å². The van der Waals surface area contributed by atoms with Gasteiger partial charge in [0, 0.05) is 12.4 Å². The van der Waals surface area contributed by atoms with Crippen molar-refractivity contribution in [3.8, 4) is 5.69 Å². The number of ether oxygens (including phenoxy) is 3. The van der Waals surface area contributed by atoms with Gasteiger partial charge in [0.1, 0.15) is 5.70 Å². The van der Waals surface area contributed by atoms with Crippen LogP contribution in [-0.2, 0) is 23.8 Å². The second kappa shape index (κ2) is 8.47. The Hall–Kier alpha value is -3.62. The maximum Gasteiger partial charge on any atom is 0.354 e. The molecule has 0 fully saturated rings. The van der Waals surface area contributed by atoms with E-state index >= 15 is 0 Å². The van der Waals surface area contributed by atoms with Crippen molar-refractivity contribution in [3.63, 3.8) is 0 Å². The lowest BCUT2D eigenvalue weighted by atomic mass is 10.1. The lowest BCUT2D eigenvalue weighted by Gasteiger charge is -2.14. The molecule has 1 aromatic heterocycles. The molecule has 1 heterocycles. The quantitative estimate of drug-likeness (QED) is 0.467. The maximum atomic E-state index is 12.0. The number of methoxy groups -OCH3 is 3. The summed E-state index contributed by atoms with van der Waals surface area (Å²) in [6.45, 7) is 0. The largest absolute Gasteiger partial charge is 0.466 e. The number of carbonyl (C=O) groups is 3. The molecule has 0 aliphatic rings. The number of nitrogens with one attached hydrogen (secondary N) is 1. The molecule has 136 valence electrons. The van der Waals surface area contributed by atoms with Gasteiger partial charge in [-0.1, -0.05) is 0 Å². The van der Waals surface area contributed by atoms with Crippen LogP contribution in [0.1, 0.15) is 10.4 Å². The third-order valence-corrected chi connectivity index (χ3v) is 3.31. The minimum Gasteiger partial charge on any atom is -0.466 e. The maximum absolute atomic E-state index is 12.0. The molecule has 0 unspecified atom stereocenters. The highest BCUT2D eigenvalue weighted by atomic mass is 16.5. The molecule has 2 aromatic rings. The second-order valence-electron chi connectivity index (χ2n) is 4.87. The molecule has 1 N–H and O–H groups in total. The zero-order valence-electron chi connectivity index (χ0n) is 14.4. The fourth-order valence-electron chi connectivity index (χ4n) is 2.07. The molecule has 0 atom stereocenters. The summed E-state index contributed by atoms with van der Waals surface area (Å²) < 4.78 is 15.4. The summed E-state index contributed by atoms with van der Waals surface area (Å²) in [5.74, 6) is -2.09. The number of nitrogens with zero attached hydrogens (tertiary/aromatic N) is 2. The summed E-state index contributed by atoms with van der Waals surface area (Å²) in [5.41, 5.74) is 0.933. The van der Waals surface area contributed by atoms with Crippen molar-refractivity contribution in [2.45, 2.75) is 0 Å². The Bertz CT molecular complexity index is 842. The lowest BCUT2D eigenvalue weighted by molar-refractivity contribution is -0.138. The number of hydrogen-bond acceptors (Lipinski definition) is 8. The molecule has 0 spiro atoms. The summed E-state index contributed by atoms with van der Waals surface area (Å²) in [5, 5.41) is 6.91. The molecule has 0 aliphatic heterocycles. The van der Waals surface area contributed by atoms with Gasteiger partial charge in [-0.15, -0.1) is 0 Å². The van der Waals surface area contributed by atoms with E-state index in [4.69, 9.17) is 4.74 Å². The van der Waals surface area contributed by atoms with Gasteiger partial charge in [-0.2, -0.15) is 5.10 Å². The third kappa shape index (κ3) is 4.26. The highest BCUT2D eigenvalue weighted by molar-refractivity contribution is 5.99. The zero-order valence-corrected chi connectivity index (χ0v) is 14.4. The van der Waals surface area contributed by atoms with E-state index in [9.17, 15) is 14.4 Å². The minimum absolute atomic E-state index is 0.172. The molecular formula is C17H17N3O6. The zero-order chi connectivity index (χ0) is 19.1. The van der Waals surface area contributed by atoms with Crippen molar-refractivity contribution in [1.29, 1.82) is 0 Å². The first-order valence-corrected chi connectivity index (χ1v) is 7.37. The number of rotatable bonds is 6. The van der Waals surface area contributed by atoms with Crippen LogP contribution in [0, 0.1) is 0 Å². The standard InChI is InChI=1S/C17H17N3O6/c1-24-15(21)10-13(17(23)26-3)19-12-9-11(16(22)25-2)5-6-14(12)20-8-4-7-18-20/h4-10,19H,1-3H3/b13-10+. The van der Waals surface area contributed by atoms with Gasteiger partial charge < -0.3 is 19.5 Å². The Labute approximate surface area is 149 Å². The average molecular weight is 359 g/mol. The monoisotopic (exact) mass is 359 g/mol. The van der Waals surface area contributed by atoms with E-state index in [2.05, 4.69) is 19.9 Å². The Morgan fingerprint density at radius 2 is 1.88 bits per heavy atom. The highest BCUT2D eigenvalue weighted by Crippen LogP contribution is 2.24. The van der Waals surface area contributed by atoms with Gasteiger partial charge in [0.15, 0.2) is 0 Å². The lowest BCUT2D eigenvalue weighted by Crippen LogP contribution is -2.17. The highest BCUT2D eigenvalue weighted by Gasteiger charge is 2.17. The van der Waals surface area contributed by atoms with Gasteiger partial charge in [-0.05, 0) is 24.3 Å². The minimum atomic E-state index is -0.787. The first kappa shape index (κ1) is 18.7. The molecule has 0 amide bonds. The molecule has 26 heavy (non-hydrogen) atoms. The van der Waals surface area contributed by atoms with E-state index in [1.807, 2.05) is 0 Å². The van der Waals surface area contributed by atoms with Crippen LogP contribution in [0.5, 0.6) is 0 Å². The number of hydrogen-bond donors (Lipinski definition) is 1. The first-order chi connectivity index (χ1) is 12.5. The Kier molecular flexibility index (Phi) is 6.10. The Balaban J connectivity index is 2.52. The smallest absolute Gasteiger partial charge is 0.354 e. The molecular weight excluding hydrogens is 342 g/mol. The molecule has 1 aromatic carbocycles. The number of benzene rings is 1. The van der Waals surface area contributed by atoms with E-state index in [0.717, 1.165) is 6.08 Å². The molecule has 0 saturated carbocycles. The van der Waals surface area contributed by atoms with E-state index < -0.39 is 17.9 Å². The second-order valence-corrected chi connectivity index (χ2v) is 4.87. The Morgan fingerprint density at radius 3 is 2.46 bits per heavy atom. The van der Waals surface area contributed by atoms with Gasteiger partial charge >= 0.3 is 17.9 Å². The molecule has 0 saturated heterocycles. The first-order valence-electron chi connectivity index (χ1n) is 7.37. The van der Waals surface area contributed by atoms with E-state index in [-0.39, 0.29) is 11.3 Å². The van der Waals surface area contributed by atoms with E-state index in [0.29, 0.717) is 11.4 Å². The molecule has 0 aliphatic carbocycles. The van der Waals surface area contributed by atoms with Gasteiger partial charge in [-0.25, -0.2) is 19.1 Å². The molecule has 9 heteroatoms. The fourth-order valence-corrected chi connectivity index (χ4v) is 2.07. The van der Waals surface area contributed by atoms with Crippen LogP contribution < -0.4 is 5.32 Å². The van der Waals surface area contributed by atoms with Crippen LogP contribution in [0.2, 0.25) is 0 Å². The summed E-state index contributed by atoms with van der Waals surface area (Å²) >= 11 is 0. The van der Waals surface area contributed by atoms with Gasteiger partial charge in [0.25, 0.3) is 0 Å². The summed E-state index contributed by atoms with van der Waals surface area (Å²) in [6, 6.07) is 6.35. The molecule has 0 bridgehead atoms. The molecule has 2 rings (SSSR count).